The van der Waals surface area contributed by atoms with E-state index in [1.807, 2.05) is 27.8 Å². The normalized spacial score (nSPS) is 17.6. The van der Waals surface area contributed by atoms with Crippen LogP contribution >= 0.6 is 0 Å². The van der Waals surface area contributed by atoms with Crippen molar-refractivity contribution in [2.75, 3.05) is 25.5 Å². The van der Waals surface area contributed by atoms with E-state index in [0.29, 0.717) is 5.92 Å². The van der Waals surface area contributed by atoms with E-state index in [0.717, 1.165) is 31.1 Å². The number of carbonyl (C=O) groups is 1. The van der Waals surface area contributed by atoms with Crippen LogP contribution in [0.5, 0.6) is 5.75 Å². The van der Waals surface area contributed by atoms with Crippen molar-refractivity contribution in [2.45, 2.75) is 38.6 Å². The summed E-state index contributed by atoms with van der Waals surface area (Å²) in [5, 5.41) is 7.31. The van der Waals surface area contributed by atoms with E-state index in [4.69, 9.17) is 4.74 Å². The van der Waals surface area contributed by atoms with Gasteiger partial charge >= 0.3 is 6.03 Å². The molecule has 25 heavy (non-hydrogen) atoms. The number of benzene rings is 1. The smallest absolute Gasteiger partial charge is 0.323 e. The van der Waals surface area contributed by atoms with Gasteiger partial charge < -0.3 is 9.64 Å². The molecule has 1 aromatic carbocycles. The van der Waals surface area contributed by atoms with E-state index in [9.17, 15) is 4.79 Å². The van der Waals surface area contributed by atoms with Gasteiger partial charge in [0.2, 0.25) is 0 Å². The molecule has 134 valence electrons. The third-order valence-corrected chi connectivity index (χ3v) is 4.58. The summed E-state index contributed by atoms with van der Waals surface area (Å²) in [7, 11) is 1.67. The van der Waals surface area contributed by atoms with Gasteiger partial charge in [0, 0.05) is 25.1 Å². The molecule has 0 bridgehead atoms. The summed E-state index contributed by atoms with van der Waals surface area (Å²) in [6.07, 6.45) is 2.68. The maximum absolute atomic E-state index is 12.6. The van der Waals surface area contributed by atoms with Crippen LogP contribution in [0.1, 0.15) is 38.7 Å². The number of hydrogen-bond donors (Lipinski definition) is 1. The number of urea groups is 1. The molecule has 2 amide bonds. The lowest BCUT2D eigenvalue weighted by Gasteiger charge is -2.24. The van der Waals surface area contributed by atoms with Crippen LogP contribution in [0, 0.1) is 0 Å². The highest BCUT2D eigenvalue weighted by Crippen LogP contribution is 2.29. The number of amides is 2. The molecule has 6 heteroatoms. The second-order valence-corrected chi connectivity index (χ2v) is 7.43. The molecular weight excluding hydrogens is 316 g/mol. The van der Waals surface area contributed by atoms with Crippen LogP contribution in [0.2, 0.25) is 0 Å². The molecule has 1 unspecified atom stereocenters. The van der Waals surface area contributed by atoms with E-state index in [-0.39, 0.29) is 11.6 Å². The van der Waals surface area contributed by atoms with Crippen LogP contribution in [0.15, 0.2) is 36.5 Å². The number of nitrogens with zero attached hydrogens (tertiary/aromatic N) is 3. The molecule has 1 aromatic heterocycles. The summed E-state index contributed by atoms with van der Waals surface area (Å²) in [4.78, 5) is 14.5. The zero-order chi connectivity index (χ0) is 18.0. The summed E-state index contributed by atoms with van der Waals surface area (Å²) in [6, 6.07) is 9.88. The lowest BCUT2D eigenvalue weighted by Crippen LogP contribution is -2.35. The zero-order valence-electron chi connectivity index (χ0n) is 15.3. The van der Waals surface area contributed by atoms with E-state index < -0.39 is 0 Å². The molecule has 1 fully saturated rings. The second kappa shape index (κ2) is 6.78. The molecular formula is C19H26N4O2. The Morgan fingerprint density at radius 1 is 1.24 bits per heavy atom. The largest absolute Gasteiger partial charge is 0.497 e. The third kappa shape index (κ3) is 3.78. The van der Waals surface area contributed by atoms with Gasteiger partial charge in [-0.3, -0.25) is 5.32 Å². The van der Waals surface area contributed by atoms with Crippen LogP contribution in [-0.2, 0) is 5.54 Å². The molecule has 1 aliphatic heterocycles. The van der Waals surface area contributed by atoms with Crippen molar-refractivity contribution in [3.05, 3.63) is 42.1 Å². The Balaban J connectivity index is 1.64. The molecule has 3 rings (SSSR count). The summed E-state index contributed by atoms with van der Waals surface area (Å²) in [6.45, 7) is 7.66. The van der Waals surface area contributed by atoms with E-state index in [1.165, 1.54) is 5.56 Å². The first kappa shape index (κ1) is 17.3. The lowest BCUT2D eigenvalue weighted by molar-refractivity contribution is 0.221. The number of ether oxygens (including phenoxy) is 1. The zero-order valence-corrected chi connectivity index (χ0v) is 15.3. The molecule has 1 atom stereocenters. The average Bonchev–Trinajstić information content (AvgIpc) is 3.23. The van der Waals surface area contributed by atoms with Gasteiger partial charge in [0.05, 0.1) is 18.8 Å². The highest BCUT2D eigenvalue weighted by molar-refractivity contribution is 5.88. The Bertz CT molecular complexity index is 731. The van der Waals surface area contributed by atoms with Crippen molar-refractivity contribution in [1.82, 2.24) is 14.7 Å². The van der Waals surface area contributed by atoms with Gasteiger partial charge in [0.25, 0.3) is 0 Å². The Morgan fingerprint density at radius 2 is 1.96 bits per heavy atom. The van der Waals surface area contributed by atoms with Crippen LogP contribution < -0.4 is 10.1 Å². The fraction of sp³-hybridized carbons (Fsp3) is 0.474. The SMILES string of the molecule is COc1ccc(C2CCN(C(=O)Nc3ccnn3C(C)(C)C)C2)cc1. The Kier molecular flexibility index (Phi) is 4.70. The number of aromatic nitrogens is 2. The van der Waals surface area contributed by atoms with Crippen molar-refractivity contribution in [1.29, 1.82) is 0 Å². The summed E-state index contributed by atoms with van der Waals surface area (Å²) in [5.74, 6) is 1.95. The third-order valence-electron chi connectivity index (χ3n) is 4.58. The van der Waals surface area contributed by atoms with E-state index >= 15 is 0 Å². The molecule has 1 saturated heterocycles. The number of carbonyl (C=O) groups excluding carboxylic acids is 1. The van der Waals surface area contributed by atoms with Crippen LogP contribution in [-0.4, -0.2) is 40.9 Å². The predicted octanol–water partition coefficient (Wildman–Crippen LogP) is 3.67. The lowest BCUT2D eigenvalue weighted by atomic mass is 9.98. The molecule has 0 aliphatic carbocycles. The molecule has 0 spiro atoms. The predicted molar refractivity (Wildman–Crippen MR) is 98.2 cm³/mol. The Morgan fingerprint density at radius 3 is 2.60 bits per heavy atom. The van der Waals surface area contributed by atoms with Crippen LogP contribution in [0.3, 0.4) is 0 Å². The minimum atomic E-state index is -0.178. The van der Waals surface area contributed by atoms with Gasteiger partial charge in [0.15, 0.2) is 0 Å². The molecule has 1 N–H and O–H groups in total. The monoisotopic (exact) mass is 342 g/mol. The maximum atomic E-state index is 12.6. The number of methoxy groups -OCH3 is 1. The number of nitrogens with one attached hydrogen (secondary N) is 1. The van der Waals surface area contributed by atoms with Crippen molar-refractivity contribution < 1.29 is 9.53 Å². The average molecular weight is 342 g/mol. The minimum Gasteiger partial charge on any atom is -0.497 e. The Hall–Kier alpha value is -2.50. The van der Waals surface area contributed by atoms with Gasteiger partial charge in [-0.15, -0.1) is 0 Å². The number of rotatable bonds is 3. The Labute approximate surface area is 148 Å². The molecule has 1 aliphatic rings. The van der Waals surface area contributed by atoms with Gasteiger partial charge in [-0.1, -0.05) is 12.1 Å². The molecule has 0 saturated carbocycles. The number of anilines is 1. The van der Waals surface area contributed by atoms with Crippen molar-refractivity contribution >= 4 is 11.8 Å². The standard InChI is InChI=1S/C19H26N4O2/c1-19(2,3)23-17(9-11-20-23)21-18(24)22-12-10-15(13-22)14-5-7-16(25-4)8-6-14/h5-9,11,15H,10,12-13H2,1-4H3,(H,21,24). The topological polar surface area (TPSA) is 59.4 Å². The highest BCUT2D eigenvalue weighted by atomic mass is 16.5. The summed E-state index contributed by atoms with van der Waals surface area (Å²) >= 11 is 0. The van der Waals surface area contributed by atoms with Crippen LogP contribution in [0.4, 0.5) is 10.6 Å². The van der Waals surface area contributed by atoms with Crippen molar-refractivity contribution in [3.63, 3.8) is 0 Å². The van der Waals surface area contributed by atoms with E-state index in [2.05, 4.69) is 43.3 Å². The van der Waals surface area contributed by atoms with Gasteiger partial charge in [-0.05, 0) is 44.9 Å². The van der Waals surface area contributed by atoms with Crippen molar-refractivity contribution in [3.8, 4) is 5.75 Å². The first-order valence-electron chi connectivity index (χ1n) is 8.63. The molecule has 2 aromatic rings. The maximum Gasteiger partial charge on any atom is 0.323 e. The van der Waals surface area contributed by atoms with Crippen LogP contribution in [0.25, 0.3) is 0 Å². The van der Waals surface area contributed by atoms with Gasteiger partial charge in [-0.25, -0.2) is 9.48 Å². The molecule has 6 nitrogen and oxygen atoms in total. The first-order valence-corrected chi connectivity index (χ1v) is 8.63. The molecule has 0 radical (unpaired) electrons. The fourth-order valence-corrected chi connectivity index (χ4v) is 3.21. The van der Waals surface area contributed by atoms with Gasteiger partial charge in [0.1, 0.15) is 11.6 Å². The number of hydrogen-bond acceptors (Lipinski definition) is 3. The van der Waals surface area contributed by atoms with E-state index in [1.54, 1.807) is 13.3 Å². The number of likely N-dealkylation sites (tertiary alicyclic amines) is 1. The fourth-order valence-electron chi connectivity index (χ4n) is 3.21. The molecule has 2 heterocycles. The minimum absolute atomic E-state index is 0.0676. The summed E-state index contributed by atoms with van der Waals surface area (Å²) in [5.41, 5.74) is 1.07. The second-order valence-electron chi connectivity index (χ2n) is 7.43. The first-order chi connectivity index (χ1) is 11.9. The van der Waals surface area contributed by atoms with Crippen molar-refractivity contribution in [2.24, 2.45) is 0 Å². The summed E-state index contributed by atoms with van der Waals surface area (Å²) < 4.78 is 7.04. The quantitative estimate of drug-likeness (QED) is 0.926. The van der Waals surface area contributed by atoms with Gasteiger partial charge in [-0.2, -0.15) is 5.10 Å². The highest BCUT2D eigenvalue weighted by Gasteiger charge is 2.28.